The second-order valence-electron chi connectivity index (χ2n) is 6.86. The molecule has 1 aromatic heterocycles. The minimum Gasteiger partial charge on any atom is -0.496 e. The topological polar surface area (TPSA) is 82.3 Å². The van der Waals surface area contributed by atoms with Crippen molar-refractivity contribution in [2.24, 2.45) is 0 Å². The number of nitrogens with one attached hydrogen (secondary N) is 2. The summed E-state index contributed by atoms with van der Waals surface area (Å²) in [6.07, 6.45) is 1.41. The standard InChI is InChI=1S/C20H21F2N5O3/c1-29-18-8-15(5-6-17(18)14-9-23-24-10-14)27-20(28)26(12-25-27)11-13-3-2-4-16(7-13)30-19(21)22/h2-8,12,14,19,23-24H,9-11H2,1H3. The molecular formula is C20H21F2N5O3. The molecule has 30 heavy (non-hydrogen) atoms. The first-order chi connectivity index (χ1) is 14.5. The maximum Gasteiger partial charge on any atom is 0.387 e. The summed E-state index contributed by atoms with van der Waals surface area (Å²) in [7, 11) is 1.59. The van der Waals surface area contributed by atoms with Gasteiger partial charge in [-0.2, -0.15) is 18.6 Å². The average molecular weight is 417 g/mol. The molecule has 158 valence electrons. The van der Waals surface area contributed by atoms with Crippen molar-refractivity contribution >= 4 is 0 Å². The number of hydrogen-bond acceptors (Lipinski definition) is 6. The van der Waals surface area contributed by atoms with Crippen molar-refractivity contribution in [1.82, 2.24) is 25.2 Å². The number of ether oxygens (including phenoxy) is 2. The molecule has 2 aromatic carbocycles. The minimum absolute atomic E-state index is 0.0409. The first kappa shape index (κ1) is 20.0. The van der Waals surface area contributed by atoms with Gasteiger partial charge in [0.2, 0.25) is 0 Å². The predicted octanol–water partition coefficient (Wildman–Crippen LogP) is 1.88. The molecule has 0 atom stereocenters. The van der Waals surface area contributed by atoms with E-state index >= 15 is 0 Å². The fraction of sp³-hybridized carbons (Fsp3) is 0.300. The zero-order valence-corrected chi connectivity index (χ0v) is 16.2. The SMILES string of the molecule is COc1cc(-n2ncn(Cc3cccc(OC(F)F)c3)c2=O)ccc1C1CNNC1. The normalized spacial score (nSPS) is 14.4. The minimum atomic E-state index is -2.90. The van der Waals surface area contributed by atoms with E-state index in [0.717, 1.165) is 18.7 Å². The summed E-state index contributed by atoms with van der Waals surface area (Å²) < 4.78 is 37.4. The quantitative estimate of drug-likeness (QED) is 0.611. The van der Waals surface area contributed by atoms with Crippen LogP contribution in [0.1, 0.15) is 17.0 Å². The van der Waals surface area contributed by atoms with Gasteiger partial charge in [0.1, 0.15) is 17.8 Å². The summed E-state index contributed by atoms with van der Waals surface area (Å²) in [4.78, 5) is 12.8. The monoisotopic (exact) mass is 417 g/mol. The van der Waals surface area contributed by atoms with Crippen molar-refractivity contribution in [3.8, 4) is 17.2 Å². The lowest BCUT2D eigenvalue weighted by molar-refractivity contribution is -0.0498. The number of rotatable bonds is 7. The van der Waals surface area contributed by atoms with Crippen molar-refractivity contribution in [3.05, 3.63) is 70.4 Å². The highest BCUT2D eigenvalue weighted by Gasteiger charge is 2.21. The molecule has 0 unspecified atom stereocenters. The third kappa shape index (κ3) is 4.19. The summed E-state index contributed by atoms with van der Waals surface area (Å²) in [6, 6.07) is 11.8. The van der Waals surface area contributed by atoms with Gasteiger partial charge in [-0.3, -0.25) is 15.4 Å². The Kier molecular flexibility index (Phi) is 5.77. The predicted molar refractivity (Wildman–Crippen MR) is 105 cm³/mol. The van der Waals surface area contributed by atoms with Gasteiger partial charge >= 0.3 is 12.3 Å². The van der Waals surface area contributed by atoms with E-state index in [1.807, 2.05) is 12.1 Å². The van der Waals surface area contributed by atoms with Crippen LogP contribution in [0, 0.1) is 0 Å². The van der Waals surface area contributed by atoms with Crippen LogP contribution < -0.4 is 26.0 Å². The van der Waals surface area contributed by atoms with Crippen LogP contribution >= 0.6 is 0 Å². The second-order valence-corrected chi connectivity index (χ2v) is 6.86. The molecule has 4 rings (SSSR count). The molecule has 1 aliphatic rings. The maximum absolute atomic E-state index is 12.8. The molecule has 8 nitrogen and oxygen atoms in total. The summed E-state index contributed by atoms with van der Waals surface area (Å²) >= 11 is 0. The van der Waals surface area contributed by atoms with Crippen LogP contribution in [-0.2, 0) is 6.54 Å². The molecule has 0 aliphatic carbocycles. The lowest BCUT2D eigenvalue weighted by atomic mass is 9.99. The van der Waals surface area contributed by atoms with Crippen molar-refractivity contribution in [3.63, 3.8) is 0 Å². The number of hydrogen-bond donors (Lipinski definition) is 2. The zero-order valence-electron chi connectivity index (χ0n) is 16.2. The molecule has 1 aliphatic heterocycles. The van der Waals surface area contributed by atoms with E-state index in [9.17, 15) is 13.6 Å². The molecule has 1 saturated heterocycles. The van der Waals surface area contributed by atoms with Crippen LogP contribution in [0.25, 0.3) is 5.69 Å². The van der Waals surface area contributed by atoms with Gasteiger partial charge in [-0.15, -0.1) is 0 Å². The Morgan fingerprint density at radius 2 is 2.00 bits per heavy atom. The van der Waals surface area contributed by atoms with Crippen molar-refractivity contribution in [2.75, 3.05) is 20.2 Å². The summed E-state index contributed by atoms with van der Waals surface area (Å²) in [5.74, 6) is 0.992. The second kappa shape index (κ2) is 8.64. The Morgan fingerprint density at radius 3 is 2.73 bits per heavy atom. The maximum atomic E-state index is 12.8. The number of hydrazine groups is 1. The number of aromatic nitrogens is 3. The van der Waals surface area contributed by atoms with Crippen LogP contribution in [0.2, 0.25) is 0 Å². The highest BCUT2D eigenvalue weighted by Crippen LogP contribution is 2.29. The number of halogens is 2. The largest absolute Gasteiger partial charge is 0.496 e. The van der Waals surface area contributed by atoms with E-state index in [0.29, 0.717) is 17.0 Å². The van der Waals surface area contributed by atoms with Crippen molar-refractivity contribution in [1.29, 1.82) is 0 Å². The molecule has 2 heterocycles. The van der Waals surface area contributed by atoms with Gasteiger partial charge in [-0.05, 0) is 29.3 Å². The van der Waals surface area contributed by atoms with Crippen molar-refractivity contribution in [2.45, 2.75) is 19.1 Å². The fourth-order valence-electron chi connectivity index (χ4n) is 3.49. The van der Waals surface area contributed by atoms with Crippen LogP contribution in [0.3, 0.4) is 0 Å². The molecule has 0 spiro atoms. The van der Waals surface area contributed by atoms with Crippen molar-refractivity contribution < 1.29 is 18.3 Å². The van der Waals surface area contributed by atoms with Gasteiger partial charge in [0, 0.05) is 25.1 Å². The van der Waals surface area contributed by atoms with Gasteiger partial charge in [-0.25, -0.2) is 4.79 Å². The van der Waals surface area contributed by atoms with E-state index in [1.165, 1.54) is 27.7 Å². The van der Waals surface area contributed by atoms with E-state index in [2.05, 4.69) is 20.7 Å². The zero-order chi connectivity index (χ0) is 21.1. The third-order valence-corrected chi connectivity index (χ3v) is 4.93. The van der Waals surface area contributed by atoms with Crippen LogP contribution in [-0.4, -0.2) is 41.2 Å². The Balaban J connectivity index is 1.58. The molecule has 0 saturated carbocycles. The van der Waals surface area contributed by atoms with Gasteiger partial charge in [0.15, 0.2) is 0 Å². The van der Waals surface area contributed by atoms with Gasteiger partial charge < -0.3 is 9.47 Å². The molecule has 1 fully saturated rings. The lowest BCUT2D eigenvalue weighted by Crippen LogP contribution is -2.24. The number of nitrogens with zero attached hydrogens (tertiary/aromatic N) is 3. The number of benzene rings is 2. The van der Waals surface area contributed by atoms with E-state index in [-0.39, 0.29) is 23.9 Å². The summed E-state index contributed by atoms with van der Waals surface area (Å²) in [5, 5.41) is 4.19. The fourth-order valence-corrected chi connectivity index (χ4v) is 3.49. The summed E-state index contributed by atoms with van der Waals surface area (Å²) in [6.45, 7) is -1.15. The first-order valence-corrected chi connectivity index (χ1v) is 9.37. The lowest BCUT2D eigenvalue weighted by Gasteiger charge is -2.14. The molecule has 0 bridgehead atoms. The molecule has 3 aromatic rings. The Bertz CT molecular complexity index is 1080. The van der Waals surface area contributed by atoms with E-state index in [4.69, 9.17) is 4.74 Å². The highest BCUT2D eigenvalue weighted by atomic mass is 19.3. The Hall–Kier alpha value is -3.24. The first-order valence-electron chi connectivity index (χ1n) is 9.37. The average Bonchev–Trinajstić information content (AvgIpc) is 3.38. The molecular weight excluding hydrogens is 396 g/mol. The highest BCUT2D eigenvalue weighted by molar-refractivity contribution is 5.46. The molecule has 0 amide bonds. The van der Waals surface area contributed by atoms with Gasteiger partial charge in [0.05, 0.1) is 19.3 Å². The Morgan fingerprint density at radius 1 is 1.20 bits per heavy atom. The third-order valence-electron chi connectivity index (χ3n) is 4.93. The van der Waals surface area contributed by atoms with Gasteiger partial charge in [-0.1, -0.05) is 18.2 Å². The van der Waals surface area contributed by atoms with Crippen LogP contribution in [0.5, 0.6) is 11.5 Å². The molecule has 2 N–H and O–H groups in total. The number of alkyl halides is 2. The van der Waals surface area contributed by atoms with Gasteiger partial charge in [0.25, 0.3) is 0 Å². The summed E-state index contributed by atoms with van der Waals surface area (Å²) in [5.41, 5.74) is 8.09. The van der Waals surface area contributed by atoms with Crippen LogP contribution in [0.15, 0.2) is 53.6 Å². The van der Waals surface area contributed by atoms with E-state index in [1.54, 1.807) is 25.3 Å². The smallest absolute Gasteiger partial charge is 0.387 e. The molecule has 10 heteroatoms. The van der Waals surface area contributed by atoms with Crippen LogP contribution in [0.4, 0.5) is 8.78 Å². The number of methoxy groups -OCH3 is 1. The Labute approximate surface area is 171 Å². The van der Waals surface area contributed by atoms with E-state index < -0.39 is 6.61 Å². The molecule has 0 radical (unpaired) electrons.